The van der Waals surface area contributed by atoms with E-state index in [0.717, 1.165) is 18.2 Å². The predicted molar refractivity (Wildman–Crippen MR) is 82.7 cm³/mol. The summed E-state index contributed by atoms with van der Waals surface area (Å²) in [4.78, 5) is 23.6. The summed E-state index contributed by atoms with van der Waals surface area (Å²) in [6, 6.07) is 1.65. The lowest BCUT2D eigenvalue weighted by atomic mass is 9.99. The summed E-state index contributed by atoms with van der Waals surface area (Å²) in [7, 11) is 0. The summed E-state index contributed by atoms with van der Waals surface area (Å²) in [6.45, 7) is 5.02. The summed E-state index contributed by atoms with van der Waals surface area (Å²) in [5.74, 6) is -7.26. The van der Waals surface area contributed by atoms with Crippen LogP contribution in [0.2, 0.25) is 0 Å². The van der Waals surface area contributed by atoms with Crippen LogP contribution in [0.3, 0.4) is 0 Å². The van der Waals surface area contributed by atoms with E-state index in [1.165, 1.54) is 0 Å². The van der Waals surface area contributed by atoms with Crippen molar-refractivity contribution in [3.8, 4) is 0 Å². The molecule has 0 spiro atoms. The van der Waals surface area contributed by atoms with Crippen LogP contribution in [0.1, 0.15) is 26.3 Å². The van der Waals surface area contributed by atoms with Crippen LogP contribution in [0.5, 0.6) is 0 Å². The molecular weight excluding hydrogens is 338 g/mol. The minimum atomic E-state index is -2.78. The average Bonchev–Trinajstić information content (AvgIpc) is 2.47. The predicted octanol–water partition coefficient (Wildman–Crippen LogP) is 1.06. The first-order valence-electron chi connectivity index (χ1n) is 7.30. The summed E-state index contributed by atoms with van der Waals surface area (Å²) >= 11 is 0. The highest BCUT2D eigenvalue weighted by atomic mass is 19.1. The van der Waals surface area contributed by atoms with Gasteiger partial charge in [-0.25, -0.2) is 18.4 Å². The van der Waals surface area contributed by atoms with Crippen LogP contribution in [-0.4, -0.2) is 28.8 Å². The smallest absolute Gasteiger partial charge is 0.333 e. The monoisotopic (exact) mass is 356 g/mol. The van der Waals surface area contributed by atoms with Gasteiger partial charge in [-0.05, 0) is 32.9 Å². The standard InChI is InChI=1S/C16H18F2N2O5/c1-15(2,3)20-14-16(23,25-11(22)7-6-10(21)24-14)8-4-5-9(17)13(19)12(8)18/h4-7,14,20,23H,19H2,1-3H3/b7-6-/t14?,16-/m1/s1. The zero-order valence-electron chi connectivity index (χ0n) is 13.8. The third kappa shape index (κ3) is 3.94. The van der Waals surface area contributed by atoms with Crippen molar-refractivity contribution in [3.63, 3.8) is 0 Å². The highest BCUT2D eigenvalue weighted by Crippen LogP contribution is 2.34. The number of hydrogen-bond donors (Lipinski definition) is 3. The first-order valence-corrected chi connectivity index (χ1v) is 7.30. The lowest BCUT2D eigenvalue weighted by Gasteiger charge is -2.39. The zero-order chi connectivity index (χ0) is 19.0. The van der Waals surface area contributed by atoms with Crippen molar-refractivity contribution in [2.24, 2.45) is 0 Å². The quantitative estimate of drug-likeness (QED) is 0.537. The van der Waals surface area contributed by atoms with Crippen molar-refractivity contribution in [2.45, 2.75) is 38.3 Å². The van der Waals surface area contributed by atoms with E-state index < -0.39 is 52.4 Å². The van der Waals surface area contributed by atoms with Gasteiger partial charge in [0.05, 0.1) is 5.56 Å². The molecule has 4 N–H and O–H groups in total. The van der Waals surface area contributed by atoms with Crippen molar-refractivity contribution < 1.29 is 33.0 Å². The average molecular weight is 356 g/mol. The summed E-state index contributed by atoms with van der Waals surface area (Å²) in [6.07, 6.45) is -0.173. The molecule has 1 aromatic rings. The fourth-order valence-corrected chi connectivity index (χ4v) is 2.18. The molecule has 0 aromatic heterocycles. The Morgan fingerprint density at radius 3 is 2.40 bits per heavy atom. The molecule has 2 atom stereocenters. The second-order valence-electron chi connectivity index (χ2n) is 6.48. The van der Waals surface area contributed by atoms with Gasteiger partial charge in [-0.1, -0.05) is 0 Å². The van der Waals surface area contributed by atoms with Gasteiger partial charge in [0, 0.05) is 17.7 Å². The van der Waals surface area contributed by atoms with Gasteiger partial charge in [0.2, 0.25) is 6.23 Å². The number of aliphatic hydroxyl groups is 1. The van der Waals surface area contributed by atoms with Crippen molar-refractivity contribution in [3.05, 3.63) is 41.5 Å². The number of nitrogens with two attached hydrogens (primary N) is 1. The fourth-order valence-electron chi connectivity index (χ4n) is 2.18. The molecule has 1 aliphatic heterocycles. The van der Waals surface area contributed by atoms with Crippen molar-refractivity contribution >= 4 is 17.6 Å². The van der Waals surface area contributed by atoms with E-state index in [9.17, 15) is 23.5 Å². The lowest BCUT2D eigenvalue weighted by Crippen LogP contribution is -2.59. The molecule has 1 unspecified atom stereocenters. The Hall–Kier alpha value is -2.52. The highest BCUT2D eigenvalue weighted by molar-refractivity contribution is 5.92. The Kier molecular flexibility index (Phi) is 4.83. The number of carbonyl (C=O) groups excluding carboxylic acids is 2. The maximum absolute atomic E-state index is 14.5. The van der Waals surface area contributed by atoms with E-state index in [1.54, 1.807) is 20.8 Å². The number of carbonyl (C=O) groups is 2. The maximum Gasteiger partial charge on any atom is 0.333 e. The van der Waals surface area contributed by atoms with Gasteiger partial charge in [0.1, 0.15) is 11.5 Å². The molecule has 0 fully saturated rings. The molecule has 9 heteroatoms. The first-order chi connectivity index (χ1) is 11.4. The number of esters is 2. The van der Waals surface area contributed by atoms with Crippen LogP contribution in [0, 0.1) is 11.6 Å². The summed E-state index contributed by atoms with van der Waals surface area (Å²) < 4.78 is 37.9. The minimum absolute atomic E-state index is 0.662. The molecule has 25 heavy (non-hydrogen) atoms. The largest absolute Gasteiger partial charge is 0.436 e. The summed E-state index contributed by atoms with van der Waals surface area (Å²) in [5, 5.41) is 13.6. The normalized spacial score (nSPS) is 25.6. The van der Waals surface area contributed by atoms with Crippen LogP contribution in [0.4, 0.5) is 14.5 Å². The number of nitrogens with one attached hydrogen (secondary N) is 1. The molecule has 0 bridgehead atoms. The molecule has 1 heterocycles. The van der Waals surface area contributed by atoms with E-state index in [0.29, 0.717) is 6.08 Å². The first kappa shape index (κ1) is 18.8. The molecule has 7 nitrogen and oxygen atoms in total. The number of cyclic esters (lactones) is 2. The molecule has 1 aromatic carbocycles. The van der Waals surface area contributed by atoms with Crippen molar-refractivity contribution in [2.75, 3.05) is 5.73 Å². The van der Waals surface area contributed by atoms with Gasteiger partial charge < -0.3 is 20.3 Å². The van der Waals surface area contributed by atoms with Crippen LogP contribution in [0.15, 0.2) is 24.3 Å². The number of anilines is 1. The second-order valence-corrected chi connectivity index (χ2v) is 6.48. The molecule has 0 saturated heterocycles. The van der Waals surface area contributed by atoms with Crippen molar-refractivity contribution in [1.82, 2.24) is 5.32 Å². The maximum atomic E-state index is 14.5. The van der Waals surface area contributed by atoms with Gasteiger partial charge in [-0.2, -0.15) is 0 Å². The van der Waals surface area contributed by atoms with E-state index in [4.69, 9.17) is 15.2 Å². The molecular formula is C16H18F2N2O5. The van der Waals surface area contributed by atoms with Crippen LogP contribution in [-0.2, 0) is 24.8 Å². The van der Waals surface area contributed by atoms with E-state index in [2.05, 4.69) is 5.32 Å². The Morgan fingerprint density at radius 2 is 1.80 bits per heavy atom. The van der Waals surface area contributed by atoms with Crippen LogP contribution in [0.25, 0.3) is 0 Å². The van der Waals surface area contributed by atoms with E-state index in [-0.39, 0.29) is 0 Å². The molecule has 0 saturated carbocycles. The van der Waals surface area contributed by atoms with E-state index in [1.807, 2.05) is 0 Å². The van der Waals surface area contributed by atoms with Crippen LogP contribution >= 0.6 is 0 Å². The Labute approximate surface area is 142 Å². The second kappa shape index (κ2) is 6.41. The number of ether oxygens (including phenoxy) is 2. The molecule has 2 rings (SSSR count). The lowest BCUT2D eigenvalue weighted by molar-refractivity contribution is -0.269. The SMILES string of the molecule is CC(C)(C)NC1OC(=O)/C=C\C(=O)O[C@]1(O)c1ccc(F)c(N)c1F. The Balaban J connectivity index is 2.64. The molecule has 0 amide bonds. The van der Waals surface area contributed by atoms with Gasteiger partial charge in [-0.15, -0.1) is 0 Å². The number of hydrogen-bond acceptors (Lipinski definition) is 7. The molecule has 1 aliphatic rings. The molecule has 0 radical (unpaired) electrons. The Morgan fingerprint density at radius 1 is 1.20 bits per heavy atom. The van der Waals surface area contributed by atoms with Gasteiger partial charge in [0.25, 0.3) is 5.79 Å². The number of halogens is 2. The Bertz CT molecular complexity index is 745. The van der Waals surface area contributed by atoms with Crippen molar-refractivity contribution in [1.29, 1.82) is 0 Å². The zero-order valence-corrected chi connectivity index (χ0v) is 13.8. The van der Waals surface area contributed by atoms with Gasteiger partial charge in [-0.3, -0.25) is 5.32 Å². The van der Waals surface area contributed by atoms with Gasteiger partial charge >= 0.3 is 11.9 Å². The molecule has 136 valence electrons. The number of rotatable bonds is 2. The third-order valence-electron chi connectivity index (χ3n) is 3.28. The number of nitrogen functional groups attached to an aromatic ring is 1. The van der Waals surface area contributed by atoms with E-state index >= 15 is 0 Å². The van der Waals surface area contributed by atoms with Gasteiger partial charge in [0.15, 0.2) is 5.82 Å². The molecule has 0 aliphatic carbocycles. The highest BCUT2D eigenvalue weighted by Gasteiger charge is 2.49. The topological polar surface area (TPSA) is 111 Å². The summed E-state index contributed by atoms with van der Waals surface area (Å²) in [5.41, 5.74) is 3.03. The fraction of sp³-hybridized carbons (Fsp3) is 0.375. The third-order valence-corrected chi connectivity index (χ3v) is 3.28. The minimum Gasteiger partial charge on any atom is -0.436 e. The number of benzene rings is 1. The van der Waals surface area contributed by atoms with Crippen LogP contribution < -0.4 is 11.1 Å².